The van der Waals surface area contributed by atoms with Crippen molar-refractivity contribution in [1.29, 1.82) is 0 Å². The summed E-state index contributed by atoms with van der Waals surface area (Å²) in [6.45, 7) is 5.93. The first-order valence-electron chi connectivity index (χ1n) is 8.61. The van der Waals surface area contributed by atoms with Gasteiger partial charge >= 0.3 is 0 Å². The lowest BCUT2D eigenvalue weighted by Crippen LogP contribution is -2.29. The van der Waals surface area contributed by atoms with Crippen molar-refractivity contribution in [2.75, 3.05) is 6.54 Å². The molecule has 4 rings (SSSR count). The van der Waals surface area contributed by atoms with E-state index >= 15 is 0 Å². The molecule has 6 nitrogen and oxygen atoms in total. The quantitative estimate of drug-likeness (QED) is 0.382. The number of amidine groups is 1. The lowest BCUT2D eigenvalue weighted by atomic mass is 10.2. The summed E-state index contributed by atoms with van der Waals surface area (Å²) in [6.07, 6.45) is 3.36. The number of rotatable bonds is 5. The molecule has 0 unspecified atom stereocenters. The zero-order chi connectivity index (χ0) is 20.4. The van der Waals surface area contributed by atoms with Crippen molar-refractivity contribution in [3.63, 3.8) is 0 Å². The minimum atomic E-state index is -0.161. The molecule has 9 heteroatoms. The number of hydrogen-bond donors (Lipinski definition) is 0. The van der Waals surface area contributed by atoms with E-state index in [0.29, 0.717) is 38.3 Å². The maximum atomic E-state index is 12.8. The van der Waals surface area contributed by atoms with E-state index in [-0.39, 0.29) is 5.91 Å². The van der Waals surface area contributed by atoms with E-state index < -0.39 is 0 Å². The summed E-state index contributed by atoms with van der Waals surface area (Å²) in [7, 11) is 0. The fourth-order valence-electron chi connectivity index (χ4n) is 2.66. The Morgan fingerprint density at radius 1 is 1.28 bits per heavy atom. The number of halogens is 1. The summed E-state index contributed by atoms with van der Waals surface area (Å²) in [4.78, 5) is 19.4. The lowest BCUT2D eigenvalue weighted by molar-refractivity contribution is -0.121. The molecule has 1 fully saturated rings. The molecular weight excluding hydrogens is 428 g/mol. The Morgan fingerprint density at radius 3 is 2.83 bits per heavy atom. The Bertz CT molecular complexity index is 1150. The third kappa shape index (κ3) is 4.19. The van der Waals surface area contributed by atoms with Gasteiger partial charge in [0.05, 0.1) is 9.93 Å². The minimum absolute atomic E-state index is 0.161. The van der Waals surface area contributed by atoms with E-state index in [1.54, 1.807) is 29.2 Å². The van der Waals surface area contributed by atoms with E-state index in [1.165, 1.54) is 23.1 Å². The maximum Gasteiger partial charge on any atom is 0.267 e. The van der Waals surface area contributed by atoms with Crippen LogP contribution in [0.2, 0.25) is 5.02 Å². The molecule has 3 heterocycles. The van der Waals surface area contributed by atoms with Crippen LogP contribution < -0.4 is 0 Å². The summed E-state index contributed by atoms with van der Waals surface area (Å²) in [5.41, 5.74) is 0.798. The molecule has 0 bridgehead atoms. The number of benzene rings is 1. The number of aryl methyl sites for hydroxylation is 1. The molecule has 1 aliphatic rings. The van der Waals surface area contributed by atoms with Gasteiger partial charge in [0.2, 0.25) is 5.13 Å². The highest BCUT2D eigenvalue weighted by Gasteiger charge is 2.33. The Hall–Kier alpha value is -2.68. The van der Waals surface area contributed by atoms with Crippen molar-refractivity contribution in [2.24, 2.45) is 4.99 Å². The van der Waals surface area contributed by atoms with Gasteiger partial charge in [0, 0.05) is 18.2 Å². The Kier molecular flexibility index (Phi) is 5.66. The summed E-state index contributed by atoms with van der Waals surface area (Å²) in [6, 6.07) is 11.1. The first-order valence-corrected chi connectivity index (χ1v) is 10.6. The molecular formula is C20H15ClN4O2S2. The Morgan fingerprint density at radius 2 is 2.10 bits per heavy atom. The second-order valence-electron chi connectivity index (χ2n) is 5.99. The molecule has 0 spiro atoms. The molecule has 0 atom stereocenters. The molecule has 1 aliphatic heterocycles. The number of carbonyl (C=O) groups is 1. The van der Waals surface area contributed by atoms with Crippen LogP contribution in [-0.2, 0) is 4.79 Å². The van der Waals surface area contributed by atoms with Gasteiger partial charge in [-0.05, 0) is 43.0 Å². The number of hydrogen-bond acceptors (Lipinski definition) is 7. The van der Waals surface area contributed by atoms with Gasteiger partial charge in [-0.15, -0.1) is 16.8 Å². The van der Waals surface area contributed by atoms with E-state index in [2.05, 4.69) is 21.8 Å². The molecule has 0 N–H and O–H groups in total. The number of thioether (sulfide) groups is 1. The third-order valence-corrected chi connectivity index (χ3v) is 6.01. The van der Waals surface area contributed by atoms with Gasteiger partial charge in [0.25, 0.3) is 5.91 Å². The summed E-state index contributed by atoms with van der Waals surface area (Å²) < 4.78 is 5.89. The van der Waals surface area contributed by atoms with Gasteiger partial charge in [0.15, 0.2) is 5.17 Å². The van der Waals surface area contributed by atoms with Crippen LogP contribution in [0.25, 0.3) is 17.4 Å². The highest BCUT2D eigenvalue weighted by Crippen LogP contribution is 2.36. The molecule has 2 aromatic heterocycles. The zero-order valence-electron chi connectivity index (χ0n) is 15.3. The average Bonchev–Trinajstić information content (AvgIpc) is 3.40. The number of nitrogens with zero attached hydrogens (tertiary/aromatic N) is 4. The standard InChI is InChI=1S/C20H15ClN4O2S2/c1-3-10-25-18(26)17(29-20(25)22-19-24-23-12(2)28-19)11-13-8-9-16(27-13)14-6-4-5-7-15(14)21/h3-9,11H,1,10H2,2H3/b17-11+,22-20+. The van der Waals surface area contributed by atoms with Crippen LogP contribution in [-0.4, -0.2) is 32.7 Å². The van der Waals surface area contributed by atoms with Crippen molar-refractivity contribution in [2.45, 2.75) is 6.92 Å². The first-order chi connectivity index (χ1) is 14.0. The summed E-state index contributed by atoms with van der Waals surface area (Å²) in [5, 5.41) is 10.4. The van der Waals surface area contributed by atoms with Crippen molar-refractivity contribution < 1.29 is 9.21 Å². The highest BCUT2D eigenvalue weighted by molar-refractivity contribution is 8.18. The zero-order valence-corrected chi connectivity index (χ0v) is 17.7. The second-order valence-corrected chi connectivity index (χ2v) is 8.57. The van der Waals surface area contributed by atoms with Crippen molar-refractivity contribution in [3.05, 3.63) is 69.7 Å². The maximum absolute atomic E-state index is 12.8. The van der Waals surface area contributed by atoms with Crippen LogP contribution in [0.4, 0.5) is 5.13 Å². The predicted molar refractivity (Wildman–Crippen MR) is 118 cm³/mol. The molecule has 146 valence electrons. The molecule has 3 aromatic rings. The number of aromatic nitrogens is 2. The highest BCUT2D eigenvalue weighted by atomic mass is 35.5. The molecule has 1 saturated heterocycles. The van der Waals surface area contributed by atoms with Crippen molar-refractivity contribution in [3.8, 4) is 11.3 Å². The average molecular weight is 443 g/mol. The predicted octanol–water partition coefficient (Wildman–Crippen LogP) is 5.55. The van der Waals surface area contributed by atoms with Gasteiger partial charge in [-0.3, -0.25) is 9.69 Å². The van der Waals surface area contributed by atoms with E-state index in [4.69, 9.17) is 16.0 Å². The molecule has 0 aliphatic carbocycles. The van der Waals surface area contributed by atoms with Gasteiger partial charge < -0.3 is 4.42 Å². The third-order valence-electron chi connectivity index (χ3n) is 3.95. The Labute approximate surface area is 180 Å². The van der Waals surface area contributed by atoms with Crippen LogP contribution in [0.3, 0.4) is 0 Å². The number of furan rings is 1. The van der Waals surface area contributed by atoms with Crippen LogP contribution in [0.1, 0.15) is 10.8 Å². The van der Waals surface area contributed by atoms with Crippen LogP contribution in [0.15, 0.2) is 63.4 Å². The fourth-order valence-corrected chi connectivity index (χ4v) is 4.48. The SMILES string of the molecule is C=CCN1C(=O)/C(=C\c2ccc(-c3ccccc3Cl)o2)S/C1=N/c1nnc(C)s1. The lowest BCUT2D eigenvalue weighted by Gasteiger charge is -2.11. The molecule has 1 aromatic carbocycles. The van der Waals surface area contributed by atoms with Gasteiger partial charge in [-0.2, -0.15) is 4.99 Å². The molecule has 29 heavy (non-hydrogen) atoms. The van der Waals surface area contributed by atoms with Crippen molar-refractivity contribution in [1.82, 2.24) is 15.1 Å². The normalized spacial score (nSPS) is 16.9. The number of carbonyl (C=O) groups excluding carboxylic acids is 1. The van der Waals surface area contributed by atoms with Crippen LogP contribution in [0, 0.1) is 6.92 Å². The first kappa shape index (κ1) is 19.6. The molecule has 0 saturated carbocycles. The topological polar surface area (TPSA) is 71.6 Å². The Balaban J connectivity index is 1.64. The van der Waals surface area contributed by atoms with E-state index in [0.717, 1.165) is 10.6 Å². The minimum Gasteiger partial charge on any atom is -0.457 e. The van der Waals surface area contributed by atoms with Gasteiger partial charge in [0.1, 0.15) is 16.5 Å². The summed E-state index contributed by atoms with van der Waals surface area (Å²) >= 11 is 8.87. The van der Waals surface area contributed by atoms with Crippen LogP contribution >= 0.6 is 34.7 Å². The smallest absolute Gasteiger partial charge is 0.267 e. The van der Waals surface area contributed by atoms with Crippen LogP contribution in [0.5, 0.6) is 0 Å². The van der Waals surface area contributed by atoms with Gasteiger partial charge in [-0.25, -0.2) is 0 Å². The van der Waals surface area contributed by atoms with E-state index in [9.17, 15) is 4.79 Å². The monoisotopic (exact) mass is 442 g/mol. The molecule has 0 radical (unpaired) electrons. The fraction of sp³-hybridized carbons (Fsp3) is 0.100. The molecule has 1 amide bonds. The van der Waals surface area contributed by atoms with Gasteiger partial charge in [-0.1, -0.05) is 41.1 Å². The number of aliphatic imine (C=N–C) groups is 1. The summed E-state index contributed by atoms with van der Waals surface area (Å²) in [5.74, 6) is 1.03. The van der Waals surface area contributed by atoms with E-state index in [1.807, 2.05) is 31.2 Å². The largest absolute Gasteiger partial charge is 0.457 e. The second kappa shape index (κ2) is 8.36. The number of amides is 1. The van der Waals surface area contributed by atoms with Crippen molar-refractivity contribution >= 4 is 57.0 Å².